The van der Waals surface area contributed by atoms with Crippen molar-refractivity contribution in [1.29, 1.82) is 0 Å². The zero-order valence-corrected chi connectivity index (χ0v) is 18.0. The number of ether oxygens (including phenoxy) is 1. The molecule has 1 aromatic heterocycles. The molecule has 4 heterocycles. The number of amides is 1. The highest BCUT2D eigenvalue weighted by atomic mass is 16.5. The topological polar surface area (TPSA) is 114 Å². The fourth-order valence-electron chi connectivity index (χ4n) is 4.92. The van der Waals surface area contributed by atoms with E-state index in [9.17, 15) is 14.7 Å². The minimum absolute atomic E-state index is 0.114. The third-order valence-corrected chi connectivity index (χ3v) is 7.02. The van der Waals surface area contributed by atoms with Crippen LogP contribution >= 0.6 is 0 Å². The van der Waals surface area contributed by atoms with Gasteiger partial charge in [-0.2, -0.15) is 0 Å². The van der Waals surface area contributed by atoms with E-state index in [0.29, 0.717) is 18.7 Å². The molecule has 1 amide bonds. The molecule has 2 saturated heterocycles. The fraction of sp³-hybridized carbons (Fsp3) is 0.500. The molecule has 1 aromatic carbocycles. The molecule has 0 saturated carbocycles. The van der Waals surface area contributed by atoms with Crippen molar-refractivity contribution in [3.63, 3.8) is 0 Å². The average Bonchev–Trinajstić information content (AvgIpc) is 3.53. The normalized spacial score (nSPS) is 22.1. The van der Waals surface area contributed by atoms with Gasteiger partial charge in [-0.3, -0.25) is 4.79 Å². The average molecular weight is 438 g/mol. The molecule has 32 heavy (non-hydrogen) atoms. The van der Waals surface area contributed by atoms with E-state index in [1.165, 1.54) is 11.1 Å². The largest absolute Gasteiger partial charge is 0.456 e. The van der Waals surface area contributed by atoms with Gasteiger partial charge in [0.05, 0.1) is 28.5 Å². The lowest BCUT2D eigenvalue weighted by Crippen LogP contribution is -2.45. The summed E-state index contributed by atoms with van der Waals surface area (Å²) >= 11 is 0. The SMILES string of the molecule is CC1=C(N2CCC3(CCN(C[C@@H](O)c4ccc(-n5ncnn5)cc4)CC3)C2=O)COC1=O. The van der Waals surface area contributed by atoms with Crippen molar-refractivity contribution in [2.24, 2.45) is 5.41 Å². The van der Waals surface area contributed by atoms with Crippen LogP contribution in [-0.4, -0.2) is 79.8 Å². The molecular weight excluding hydrogens is 412 g/mol. The Morgan fingerprint density at radius 2 is 1.84 bits per heavy atom. The Hall–Kier alpha value is -3.11. The molecule has 168 valence electrons. The summed E-state index contributed by atoms with van der Waals surface area (Å²) < 4.78 is 5.09. The number of piperidine rings is 1. The molecule has 3 aliphatic rings. The molecular formula is C22H26N6O4. The second-order valence-corrected chi connectivity index (χ2v) is 8.77. The third kappa shape index (κ3) is 3.59. The second-order valence-electron chi connectivity index (χ2n) is 8.77. The van der Waals surface area contributed by atoms with Crippen molar-refractivity contribution < 1.29 is 19.4 Å². The summed E-state index contributed by atoms with van der Waals surface area (Å²) in [4.78, 5) is 30.3. The number of aliphatic hydroxyl groups excluding tert-OH is 1. The Morgan fingerprint density at radius 1 is 1.12 bits per heavy atom. The number of cyclic esters (lactones) is 1. The number of nitrogens with zero attached hydrogens (tertiary/aromatic N) is 6. The van der Waals surface area contributed by atoms with E-state index >= 15 is 0 Å². The van der Waals surface area contributed by atoms with Gasteiger partial charge in [-0.15, -0.1) is 15.0 Å². The molecule has 0 aliphatic carbocycles. The van der Waals surface area contributed by atoms with E-state index in [-0.39, 0.29) is 23.9 Å². The first-order valence-corrected chi connectivity index (χ1v) is 10.9. The number of hydrogen-bond donors (Lipinski definition) is 1. The number of hydrogen-bond acceptors (Lipinski definition) is 8. The summed E-state index contributed by atoms with van der Waals surface area (Å²) in [7, 11) is 0. The highest BCUT2D eigenvalue weighted by Gasteiger charge is 2.50. The van der Waals surface area contributed by atoms with E-state index in [0.717, 1.165) is 49.3 Å². The third-order valence-electron chi connectivity index (χ3n) is 7.02. The summed E-state index contributed by atoms with van der Waals surface area (Å²) in [6.45, 7) is 4.58. The molecule has 3 aliphatic heterocycles. The van der Waals surface area contributed by atoms with Gasteiger partial charge in [0.25, 0.3) is 0 Å². The lowest BCUT2D eigenvalue weighted by molar-refractivity contribution is -0.138. The van der Waals surface area contributed by atoms with Crippen LogP contribution in [0.3, 0.4) is 0 Å². The maximum atomic E-state index is 13.2. The number of carbonyl (C=O) groups is 2. The molecule has 1 N–H and O–H groups in total. The van der Waals surface area contributed by atoms with E-state index < -0.39 is 6.10 Å². The molecule has 1 atom stereocenters. The van der Waals surface area contributed by atoms with Gasteiger partial charge in [0.1, 0.15) is 6.61 Å². The summed E-state index contributed by atoms with van der Waals surface area (Å²) in [6.07, 6.45) is 3.07. The van der Waals surface area contributed by atoms with E-state index in [1.807, 2.05) is 24.3 Å². The monoisotopic (exact) mass is 438 g/mol. The molecule has 10 nitrogen and oxygen atoms in total. The van der Waals surface area contributed by atoms with Crippen molar-refractivity contribution in [3.05, 3.63) is 47.4 Å². The number of esters is 1. The molecule has 0 bridgehead atoms. The molecule has 5 rings (SSSR count). The smallest absolute Gasteiger partial charge is 0.336 e. The summed E-state index contributed by atoms with van der Waals surface area (Å²) in [5.74, 6) is -0.217. The van der Waals surface area contributed by atoms with Crippen LogP contribution in [0.5, 0.6) is 0 Å². The minimum atomic E-state index is -0.618. The number of benzene rings is 1. The Labute approximate surface area is 185 Å². The van der Waals surface area contributed by atoms with Gasteiger partial charge in [-0.25, -0.2) is 4.79 Å². The lowest BCUT2D eigenvalue weighted by Gasteiger charge is -2.38. The van der Waals surface area contributed by atoms with E-state index in [1.54, 1.807) is 11.8 Å². The number of aromatic nitrogens is 4. The number of likely N-dealkylation sites (tertiary alicyclic amines) is 2. The zero-order valence-electron chi connectivity index (χ0n) is 18.0. The molecule has 0 radical (unpaired) electrons. The van der Waals surface area contributed by atoms with Crippen LogP contribution in [0.1, 0.15) is 37.9 Å². The molecule has 10 heteroatoms. The van der Waals surface area contributed by atoms with Crippen LogP contribution < -0.4 is 0 Å². The number of carbonyl (C=O) groups excluding carboxylic acids is 2. The highest BCUT2D eigenvalue weighted by molar-refractivity contribution is 5.94. The molecule has 2 aromatic rings. The zero-order chi connectivity index (χ0) is 22.3. The van der Waals surface area contributed by atoms with Crippen LogP contribution in [0.2, 0.25) is 0 Å². The fourth-order valence-corrected chi connectivity index (χ4v) is 4.92. The predicted octanol–water partition coefficient (Wildman–Crippen LogP) is 0.841. The minimum Gasteiger partial charge on any atom is -0.456 e. The molecule has 0 unspecified atom stereocenters. The number of tetrazole rings is 1. The van der Waals surface area contributed by atoms with E-state index in [2.05, 4.69) is 20.3 Å². The van der Waals surface area contributed by atoms with Crippen LogP contribution in [0.25, 0.3) is 5.69 Å². The van der Waals surface area contributed by atoms with Gasteiger partial charge in [0.15, 0.2) is 6.33 Å². The van der Waals surface area contributed by atoms with Gasteiger partial charge in [-0.05, 0) is 62.2 Å². The van der Waals surface area contributed by atoms with Crippen molar-refractivity contribution in [2.45, 2.75) is 32.3 Å². The van der Waals surface area contributed by atoms with Crippen molar-refractivity contribution in [3.8, 4) is 5.69 Å². The van der Waals surface area contributed by atoms with Crippen molar-refractivity contribution in [2.75, 3.05) is 32.8 Å². The van der Waals surface area contributed by atoms with Crippen LogP contribution in [0.4, 0.5) is 0 Å². The first-order chi connectivity index (χ1) is 15.5. The number of β-amino-alcohol motifs (C(OH)–C–C–N with tert-alkyl or cyclic N) is 1. The second kappa shape index (κ2) is 8.10. The Kier molecular flexibility index (Phi) is 5.26. The van der Waals surface area contributed by atoms with Crippen LogP contribution in [0.15, 0.2) is 41.9 Å². The Balaban J connectivity index is 1.18. The molecule has 1 spiro atoms. The number of rotatable bonds is 5. The van der Waals surface area contributed by atoms with Crippen LogP contribution in [-0.2, 0) is 14.3 Å². The van der Waals surface area contributed by atoms with Gasteiger partial charge < -0.3 is 19.6 Å². The van der Waals surface area contributed by atoms with Gasteiger partial charge in [0.2, 0.25) is 5.91 Å². The lowest BCUT2D eigenvalue weighted by atomic mass is 9.77. The molecule has 2 fully saturated rings. The summed E-state index contributed by atoms with van der Waals surface area (Å²) in [6, 6.07) is 7.44. The number of aliphatic hydroxyl groups is 1. The van der Waals surface area contributed by atoms with Gasteiger partial charge >= 0.3 is 5.97 Å². The van der Waals surface area contributed by atoms with Gasteiger partial charge in [-0.1, -0.05) is 12.1 Å². The maximum absolute atomic E-state index is 13.2. The van der Waals surface area contributed by atoms with Crippen molar-refractivity contribution >= 4 is 11.9 Å². The van der Waals surface area contributed by atoms with Crippen molar-refractivity contribution in [1.82, 2.24) is 30.0 Å². The summed E-state index contributed by atoms with van der Waals surface area (Å²) in [5, 5.41) is 22.3. The van der Waals surface area contributed by atoms with E-state index in [4.69, 9.17) is 4.74 Å². The first-order valence-electron chi connectivity index (χ1n) is 10.9. The maximum Gasteiger partial charge on any atom is 0.336 e. The first kappa shape index (κ1) is 20.8. The van der Waals surface area contributed by atoms with Gasteiger partial charge in [0, 0.05) is 13.1 Å². The quantitative estimate of drug-likeness (QED) is 0.684. The Bertz CT molecular complexity index is 1040. The highest BCUT2D eigenvalue weighted by Crippen LogP contribution is 2.43. The standard InChI is InChI=1S/C22H26N6O4/c1-15-18(13-32-20(15)30)27-11-8-22(21(27)31)6-9-26(10-7-22)12-19(29)16-2-4-17(5-3-16)28-24-14-23-25-28/h2-5,14,19,29H,6-13H2,1H3/t19-/m1/s1. The predicted molar refractivity (Wildman–Crippen MR) is 112 cm³/mol. The summed E-state index contributed by atoms with van der Waals surface area (Å²) in [5.41, 5.74) is 2.50. The Morgan fingerprint density at radius 3 is 2.47 bits per heavy atom. The van der Waals surface area contributed by atoms with Crippen LogP contribution in [0, 0.1) is 5.41 Å².